The summed E-state index contributed by atoms with van der Waals surface area (Å²) >= 11 is 12.6. The molecule has 0 saturated carbocycles. The molecule has 0 N–H and O–H groups in total. The zero-order valence-corrected chi connectivity index (χ0v) is 12.8. The van der Waals surface area contributed by atoms with Crippen molar-refractivity contribution in [1.82, 2.24) is 14.6 Å². The van der Waals surface area contributed by atoms with Crippen molar-refractivity contribution in [3.63, 3.8) is 0 Å². The van der Waals surface area contributed by atoms with E-state index < -0.39 is 0 Å². The number of rotatable bonds is 1. The third-order valence-corrected chi connectivity index (χ3v) is 3.53. The van der Waals surface area contributed by atoms with Gasteiger partial charge in [0.05, 0.1) is 5.69 Å². The number of nitrogens with zero attached hydrogens (tertiary/aromatic N) is 3. The number of fused-ring (bicyclic) bond motifs is 1. The van der Waals surface area contributed by atoms with Gasteiger partial charge in [-0.1, -0.05) is 57.8 Å². The summed E-state index contributed by atoms with van der Waals surface area (Å²) in [5.74, 6) is 0.212. The lowest BCUT2D eigenvalue weighted by atomic mass is 9.93. The fraction of sp³-hybridized carbons (Fsp3) is 0.538. The van der Waals surface area contributed by atoms with Crippen molar-refractivity contribution in [3.8, 4) is 0 Å². The zero-order chi connectivity index (χ0) is 13.7. The van der Waals surface area contributed by atoms with Crippen LogP contribution >= 0.6 is 23.2 Å². The molecule has 0 bridgehead atoms. The summed E-state index contributed by atoms with van der Waals surface area (Å²) in [5, 5.41) is 5.54. The molecule has 3 nitrogen and oxygen atoms in total. The Bertz CT molecular complexity index is 594. The van der Waals surface area contributed by atoms with E-state index in [4.69, 9.17) is 23.2 Å². The molecule has 18 heavy (non-hydrogen) atoms. The maximum Gasteiger partial charge on any atom is 0.158 e. The Morgan fingerprint density at radius 1 is 1.22 bits per heavy atom. The molecule has 0 saturated heterocycles. The standard InChI is InChI=1S/C13H17Cl2N3/c1-7(2)10-11(14)16-9-6-8(13(3,4)5)17-18(9)12(10)15/h6-7H,1-5H3. The van der Waals surface area contributed by atoms with Crippen LogP contribution in [-0.2, 0) is 5.41 Å². The number of hydrogen-bond donors (Lipinski definition) is 0. The van der Waals surface area contributed by atoms with Crippen LogP contribution in [0.1, 0.15) is 51.8 Å². The van der Waals surface area contributed by atoms with Gasteiger partial charge in [0.2, 0.25) is 0 Å². The minimum atomic E-state index is -0.0402. The van der Waals surface area contributed by atoms with Gasteiger partial charge in [-0.3, -0.25) is 0 Å². The van der Waals surface area contributed by atoms with E-state index in [-0.39, 0.29) is 11.3 Å². The Morgan fingerprint density at radius 3 is 2.33 bits per heavy atom. The van der Waals surface area contributed by atoms with Crippen LogP contribution in [0.2, 0.25) is 10.3 Å². The first-order valence-corrected chi connectivity index (χ1v) is 6.72. The quantitative estimate of drug-likeness (QED) is 0.725. The molecular weight excluding hydrogens is 269 g/mol. The summed E-state index contributed by atoms with van der Waals surface area (Å²) < 4.78 is 1.67. The smallest absolute Gasteiger partial charge is 0.158 e. The molecule has 0 fully saturated rings. The molecule has 0 aromatic carbocycles. The fourth-order valence-electron chi connectivity index (χ4n) is 1.80. The number of hydrogen-bond acceptors (Lipinski definition) is 2. The molecule has 2 rings (SSSR count). The highest BCUT2D eigenvalue weighted by atomic mass is 35.5. The fourth-order valence-corrected chi connectivity index (χ4v) is 2.67. The van der Waals surface area contributed by atoms with Gasteiger partial charge < -0.3 is 0 Å². The van der Waals surface area contributed by atoms with Gasteiger partial charge in [-0.25, -0.2) is 9.50 Å². The molecule has 2 aromatic heterocycles. The molecule has 5 heteroatoms. The van der Waals surface area contributed by atoms with Crippen LogP contribution in [0.25, 0.3) is 5.65 Å². The summed E-state index contributed by atoms with van der Waals surface area (Å²) in [6.45, 7) is 10.4. The van der Waals surface area contributed by atoms with Crippen LogP contribution < -0.4 is 0 Å². The molecule has 0 aliphatic carbocycles. The van der Waals surface area contributed by atoms with Crippen LogP contribution in [0, 0.1) is 0 Å². The van der Waals surface area contributed by atoms with Crippen LogP contribution in [0.15, 0.2) is 6.07 Å². The molecule has 0 spiro atoms. The second kappa shape index (κ2) is 4.39. The molecule has 0 unspecified atom stereocenters. The Hall–Kier alpha value is -0.800. The van der Waals surface area contributed by atoms with Crippen molar-refractivity contribution in [1.29, 1.82) is 0 Å². The second-order valence-corrected chi connectivity index (χ2v) is 6.53. The Labute approximate surface area is 117 Å². The van der Waals surface area contributed by atoms with Crippen molar-refractivity contribution < 1.29 is 0 Å². The highest BCUT2D eigenvalue weighted by molar-refractivity contribution is 6.35. The van der Waals surface area contributed by atoms with Gasteiger partial charge in [0.15, 0.2) is 5.65 Å². The first-order chi connectivity index (χ1) is 8.21. The molecule has 0 atom stereocenters. The SMILES string of the molecule is CC(C)c1c(Cl)nc2cc(C(C)(C)C)nn2c1Cl. The van der Waals surface area contributed by atoms with Crippen molar-refractivity contribution in [3.05, 3.63) is 27.6 Å². The third kappa shape index (κ3) is 2.21. The van der Waals surface area contributed by atoms with Gasteiger partial charge in [-0.05, 0) is 5.92 Å². The van der Waals surface area contributed by atoms with Crippen LogP contribution in [0.5, 0.6) is 0 Å². The van der Waals surface area contributed by atoms with Crippen molar-refractivity contribution >= 4 is 28.8 Å². The summed E-state index contributed by atoms with van der Waals surface area (Å²) in [5.41, 5.74) is 2.45. The van der Waals surface area contributed by atoms with E-state index in [0.717, 1.165) is 11.3 Å². The predicted molar refractivity (Wildman–Crippen MR) is 75.8 cm³/mol. The topological polar surface area (TPSA) is 30.2 Å². The molecular formula is C13H17Cl2N3. The van der Waals surface area contributed by atoms with E-state index in [0.29, 0.717) is 16.0 Å². The Morgan fingerprint density at radius 2 is 1.83 bits per heavy atom. The molecule has 98 valence electrons. The lowest BCUT2D eigenvalue weighted by molar-refractivity contribution is 0.562. The molecule has 2 heterocycles. The molecule has 2 aromatic rings. The van der Waals surface area contributed by atoms with Crippen LogP contribution in [-0.4, -0.2) is 14.6 Å². The van der Waals surface area contributed by atoms with Gasteiger partial charge in [-0.15, -0.1) is 0 Å². The summed E-state index contributed by atoms with van der Waals surface area (Å²) in [6, 6.07) is 1.93. The maximum absolute atomic E-state index is 6.38. The maximum atomic E-state index is 6.38. The lowest BCUT2D eigenvalue weighted by Crippen LogP contribution is -2.12. The lowest BCUT2D eigenvalue weighted by Gasteiger charge is -2.13. The number of halogens is 2. The van der Waals surface area contributed by atoms with E-state index in [1.807, 2.05) is 19.9 Å². The average Bonchev–Trinajstić information content (AvgIpc) is 2.60. The monoisotopic (exact) mass is 285 g/mol. The summed E-state index contributed by atoms with van der Waals surface area (Å²) in [4.78, 5) is 4.37. The largest absolute Gasteiger partial charge is 0.216 e. The predicted octanol–water partition coefficient (Wildman–Crippen LogP) is 4.46. The van der Waals surface area contributed by atoms with Crippen LogP contribution in [0.3, 0.4) is 0 Å². The third-order valence-electron chi connectivity index (χ3n) is 2.88. The van der Waals surface area contributed by atoms with E-state index in [2.05, 4.69) is 30.9 Å². The highest BCUT2D eigenvalue weighted by Gasteiger charge is 2.22. The number of aromatic nitrogens is 3. The average molecular weight is 286 g/mol. The Balaban J connectivity index is 2.75. The summed E-state index contributed by atoms with van der Waals surface area (Å²) in [6.07, 6.45) is 0. The molecule has 0 aliphatic rings. The Kier molecular flexibility index (Phi) is 3.32. The normalized spacial score (nSPS) is 12.7. The van der Waals surface area contributed by atoms with Gasteiger partial charge in [0.1, 0.15) is 10.3 Å². The van der Waals surface area contributed by atoms with Gasteiger partial charge >= 0.3 is 0 Å². The van der Waals surface area contributed by atoms with Gasteiger partial charge in [-0.2, -0.15) is 5.10 Å². The molecule has 0 radical (unpaired) electrons. The minimum Gasteiger partial charge on any atom is -0.216 e. The first kappa shape index (κ1) is 13.6. The first-order valence-electron chi connectivity index (χ1n) is 5.97. The van der Waals surface area contributed by atoms with E-state index in [1.54, 1.807) is 4.52 Å². The van der Waals surface area contributed by atoms with E-state index in [1.165, 1.54) is 0 Å². The van der Waals surface area contributed by atoms with Crippen LogP contribution in [0.4, 0.5) is 0 Å². The second-order valence-electron chi connectivity index (χ2n) is 5.81. The highest BCUT2D eigenvalue weighted by Crippen LogP contribution is 2.32. The molecule has 0 amide bonds. The van der Waals surface area contributed by atoms with Crippen molar-refractivity contribution in [2.24, 2.45) is 0 Å². The van der Waals surface area contributed by atoms with E-state index >= 15 is 0 Å². The van der Waals surface area contributed by atoms with Crippen molar-refractivity contribution in [2.75, 3.05) is 0 Å². The zero-order valence-electron chi connectivity index (χ0n) is 11.3. The summed E-state index contributed by atoms with van der Waals surface area (Å²) in [7, 11) is 0. The van der Waals surface area contributed by atoms with Gasteiger partial charge in [0, 0.05) is 17.0 Å². The van der Waals surface area contributed by atoms with E-state index in [9.17, 15) is 0 Å². The van der Waals surface area contributed by atoms with Crippen molar-refractivity contribution in [2.45, 2.75) is 46.0 Å². The molecule has 0 aliphatic heterocycles. The van der Waals surface area contributed by atoms with Gasteiger partial charge in [0.25, 0.3) is 0 Å². The minimum absolute atomic E-state index is 0.0402.